The van der Waals surface area contributed by atoms with Crippen LogP contribution in [-0.4, -0.2) is 4.98 Å². The van der Waals surface area contributed by atoms with Gasteiger partial charge in [-0.15, -0.1) is 0 Å². The smallest absolute Gasteiger partial charge is 0.0705 e. The Labute approximate surface area is 83.8 Å². The van der Waals surface area contributed by atoms with Gasteiger partial charge in [-0.1, -0.05) is 24.3 Å². The topological polar surface area (TPSA) is 12.9 Å². The van der Waals surface area contributed by atoms with Crippen LogP contribution in [-0.2, 0) is 6.42 Å². The highest BCUT2D eigenvalue weighted by molar-refractivity contribution is 5.78. The molecule has 1 nitrogen and oxygen atoms in total. The SMILES string of the molecule is c1ccc2nc(CC3CC3)ccc2c1. The summed E-state index contributed by atoms with van der Waals surface area (Å²) in [6.45, 7) is 0. The van der Waals surface area contributed by atoms with E-state index in [9.17, 15) is 0 Å². The largest absolute Gasteiger partial charge is 0.253 e. The normalized spacial score (nSPS) is 16.0. The molecular weight excluding hydrogens is 170 g/mol. The fourth-order valence-electron chi connectivity index (χ4n) is 1.84. The lowest BCUT2D eigenvalue weighted by Gasteiger charge is -2.01. The molecule has 14 heavy (non-hydrogen) atoms. The Morgan fingerprint density at radius 2 is 1.93 bits per heavy atom. The summed E-state index contributed by atoms with van der Waals surface area (Å²) < 4.78 is 0. The Bertz CT molecular complexity index is 457. The quantitative estimate of drug-likeness (QED) is 0.696. The van der Waals surface area contributed by atoms with Crippen LogP contribution in [0.4, 0.5) is 0 Å². The number of hydrogen-bond acceptors (Lipinski definition) is 1. The van der Waals surface area contributed by atoms with Gasteiger partial charge in [-0.3, -0.25) is 4.98 Å². The Hall–Kier alpha value is -1.37. The van der Waals surface area contributed by atoms with E-state index in [0.29, 0.717) is 0 Å². The molecule has 1 aliphatic carbocycles. The molecule has 0 atom stereocenters. The van der Waals surface area contributed by atoms with Crippen molar-refractivity contribution in [2.45, 2.75) is 19.3 Å². The third-order valence-electron chi connectivity index (χ3n) is 2.85. The van der Waals surface area contributed by atoms with Crippen molar-refractivity contribution in [2.24, 2.45) is 5.92 Å². The predicted octanol–water partition coefficient (Wildman–Crippen LogP) is 3.19. The van der Waals surface area contributed by atoms with Crippen molar-refractivity contribution in [2.75, 3.05) is 0 Å². The van der Waals surface area contributed by atoms with Gasteiger partial charge in [0.05, 0.1) is 5.52 Å². The number of para-hydroxylation sites is 1. The average molecular weight is 183 g/mol. The summed E-state index contributed by atoms with van der Waals surface area (Å²) in [7, 11) is 0. The Kier molecular flexibility index (Phi) is 1.76. The lowest BCUT2D eigenvalue weighted by molar-refractivity contribution is 0.809. The fourth-order valence-corrected chi connectivity index (χ4v) is 1.84. The Morgan fingerprint density at radius 3 is 2.79 bits per heavy atom. The third-order valence-corrected chi connectivity index (χ3v) is 2.85. The van der Waals surface area contributed by atoms with Gasteiger partial charge < -0.3 is 0 Å². The van der Waals surface area contributed by atoms with Crippen molar-refractivity contribution < 1.29 is 0 Å². The summed E-state index contributed by atoms with van der Waals surface area (Å²) in [4.78, 5) is 4.66. The number of benzene rings is 1. The molecule has 0 bridgehead atoms. The van der Waals surface area contributed by atoms with Crippen LogP contribution in [0.25, 0.3) is 10.9 Å². The second-order valence-electron chi connectivity index (χ2n) is 4.14. The highest BCUT2D eigenvalue weighted by Crippen LogP contribution is 2.32. The van der Waals surface area contributed by atoms with Gasteiger partial charge >= 0.3 is 0 Å². The second kappa shape index (κ2) is 3.09. The van der Waals surface area contributed by atoms with Crippen molar-refractivity contribution >= 4 is 10.9 Å². The first-order valence-electron chi connectivity index (χ1n) is 5.26. The molecule has 1 aromatic carbocycles. The molecule has 3 rings (SSSR count). The number of aromatic nitrogens is 1. The third kappa shape index (κ3) is 1.50. The highest BCUT2D eigenvalue weighted by Gasteiger charge is 2.21. The molecule has 1 heteroatoms. The number of rotatable bonds is 2. The summed E-state index contributed by atoms with van der Waals surface area (Å²) in [5.74, 6) is 0.920. The van der Waals surface area contributed by atoms with Crippen LogP contribution in [0.2, 0.25) is 0 Å². The standard InChI is InChI=1S/C13H13N/c1-2-4-13-11(3-1)7-8-12(14-13)9-10-5-6-10/h1-4,7-8,10H,5-6,9H2. The van der Waals surface area contributed by atoms with Gasteiger partial charge in [0.1, 0.15) is 0 Å². The number of pyridine rings is 1. The zero-order valence-electron chi connectivity index (χ0n) is 8.11. The molecule has 0 amide bonds. The summed E-state index contributed by atoms with van der Waals surface area (Å²) >= 11 is 0. The summed E-state index contributed by atoms with van der Waals surface area (Å²) in [5, 5.41) is 1.24. The van der Waals surface area contributed by atoms with Crippen LogP contribution in [0.1, 0.15) is 18.5 Å². The van der Waals surface area contributed by atoms with Gasteiger partial charge in [-0.2, -0.15) is 0 Å². The second-order valence-corrected chi connectivity index (χ2v) is 4.14. The van der Waals surface area contributed by atoms with Crippen LogP contribution in [0.3, 0.4) is 0 Å². The molecule has 0 radical (unpaired) electrons. The molecule has 0 N–H and O–H groups in total. The van der Waals surface area contributed by atoms with Gasteiger partial charge in [0.25, 0.3) is 0 Å². The van der Waals surface area contributed by atoms with E-state index in [1.807, 2.05) is 0 Å². The van der Waals surface area contributed by atoms with E-state index in [4.69, 9.17) is 0 Å². The lowest BCUT2D eigenvalue weighted by Crippen LogP contribution is -1.91. The molecule has 1 aromatic heterocycles. The first-order valence-corrected chi connectivity index (χ1v) is 5.26. The maximum Gasteiger partial charge on any atom is 0.0705 e. The maximum absolute atomic E-state index is 4.66. The molecule has 0 spiro atoms. The minimum Gasteiger partial charge on any atom is -0.253 e. The van der Waals surface area contributed by atoms with Gasteiger partial charge in [-0.25, -0.2) is 0 Å². The van der Waals surface area contributed by atoms with Crippen molar-refractivity contribution in [3.63, 3.8) is 0 Å². The summed E-state index contributed by atoms with van der Waals surface area (Å²) in [5.41, 5.74) is 2.39. The number of hydrogen-bond donors (Lipinski definition) is 0. The zero-order chi connectivity index (χ0) is 9.38. The lowest BCUT2D eigenvalue weighted by atomic mass is 10.1. The van der Waals surface area contributed by atoms with Crippen molar-refractivity contribution in [3.8, 4) is 0 Å². The monoisotopic (exact) mass is 183 g/mol. The van der Waals surface area contributed by atoms with E-state index in [2.05, 4.69) is 41.4 Å². The Morgan fingerprint density at radius 1 is 1.07 bits per heavy atom. The van der Waals surface area contributed by atoms with E-state index in [1.54, 1.807) is 0 Å². The van der Waals surface area contributed by atoms with E-state index in [-0.39, 0.29) is 0 Å². The summed E-state index contributed by atoms with van der Waals surface area (Å²) in [6.07, 6.45) is 3.97. The van der Waals surface area contributed by atoms with Gasteiger partial charge in [0, 0.05) is 11.1 Å². The van der Waals surface area contributed by atoms with E-state index >= 15 is 0 Å². The molecule has 1 aliphatic rings. The summed E-state index contributed by atoms with van der Waals surface area (Å²) in [6, 6.07) is 12.7. The molecule has 1 fully saturated rings. The molecule has 2 aromatic rings. The number of nitrogens with zero attached hydrogens (tertiary/aromatic N) is 1. The molecule has 1 saturated carbocycles. The van der Waals surface area contributed by atoms with Crippen LogP contribution in [0.15, 0.2) is 36.4 Å². The van der Waals surface area contributed by atoms with E-state index < -0.39 is 0 Å². The van der Waals surface area contributed by atoms with E-state index in [0.717, 1.165) is 11.4 Å². The maximum atomic E-state index is 4.66. The molecule has 1 heterocycles. The van der Waals surface area contributed by atoms with Crippen LogP contribution in [0.5, 0.6) is 0 Å². The van der Waals surface area contributed by atoms with Crippen molar-refractivity contribution in [1.82, 2.24) is 4.98 Å². The minimum absolute atomic E-state index is 0.920. The first-order chi connectivity index (χ1) is 6.92. The van der Waals surface area contributed by atoms with Crippen LogP contribution in [0, 0.1) is 5.92 Å². The fraction of sp³-hybridized carbons (Fsp3) is 0.308. The highest BCUT2D eigenvalue weighted by atomic mass is 14.7. The molecule has 0 unspecified atom stereocenters. The first kappa shape index (κ1) is 7.98. The molecule has 70 valence electrons. The number of fused-ring (bicyclic) bond motifs is 1. The zero-order valence-corrected chi connectivity index (χ0v) is 8.11. The minimum atomic E-state index is 0.920. The molecular formula is C13H13N. The molecule has 0 saturated heterocycles. The van der Waals surface area contributed by atoms with Crippen LogP contribution >= 0.6 is 0 Å². The van der Waals surface area contributed by atoms with Gasteiger partial charge in [-0.05, 0) is 37.3 Å². The predicted molar refractivity (Wildman–Crippen MR) is 58.2 cm³/mol. The van der Waals surface area contributed by atoms with Crippen LogP contribution < -0.4 is 0 Å². The van der Waals surface area contributed by atoms with Gasteiger partial charge in [0.2, 0.25) is 0 Å². The average Bonchev–Trinajstić information content (AvgIpc) is 3.02. The molecule has 0 aliphatic heterocycles. The Balaban J connectivity index is 2.01. The van der Waals surface area contributed by atoms with E-state index in [1.165, 1.54) is 30.3 Å². The van der Waals surface area contributed by atoms with Crippen molar-refractivity contribution in [3.05, 3.63) is 42.1 Å². The van der Waals surface area contributed by atoms with Crippen molar-refractivity contribution in [1.29, 1.82) is 0 Å². The van der Waals surface area contributed by atoms with Gasteiger partial charge in [0.15, 0.2) is 0 Å².